The van der Waals surface area contributed by atoms with Crippen molar-refractivity contribution in [1.82, 2.24) is 14.4 Å². The minimum absolute atomic E-state index is 0.0996. The summed E-state index contributed by atoms with van der Waals surface area (Å²) in [5.74, 6) is 7.63. The maximum atomic E-state index is 4.84. The van der Waals surface area contributed by atoms with Crippen molar-refractivity contribution in [2.45, 2.75) is 26.3 Å². The number of anilines is 1. The van der Waals surface area contributed by atoms with Crippen molar-refractivity contribution in [3.63, 3.8) is 0 Å². The molecule has 0 bridgehead atoms. The number of nitrogens with one attached hydrogen (secondary N) is 1. The molecule has 3 heterocycles. The molecule has 3 aromatic heterocycles. The first-order chi connectivity index (χ1) is 16.0. The van der Waals surface area contributed by atoms with Gasteiger partial charge >= 0.3 is 0 Å². The third kappa shape index (κ3) is 4.67. The zero-order chi connectivity index (χ0) is 22.8. The number of nitrogens with zero attached hydrogens (tertiary/aromatic N) is 3. The highest BCUT2D eigenvalue weighted by atomic mass is 32.1. The van der Waals surface area contributed by atoms with Crippen LogP contribution in [0.1, 0.15) is 31.2 Å². The fraction of sp³-hybridized carbons (Fsp3) is 0.143. The molecule has 2 aromatic carbocycles. The molecule has 0 saturated carbocycles. The Labute approximate surface area is 198 Å². The van der Waals surface area contributed by atoms with Gasteiger partial charge in [0.05, 0.1) is 16.0 Å². The van der Waals surface area contributed by atoms with Crippen molar-refractivity contribution in [2.75, 3.05) is 5.32 Å². The second-order valence-corrected chi connectivity index (χ2v) is 9.93. The molecule has 0 radical (unpaired) electrons. The highest BCUT2D eigenvalue weighted by Crippen LogP contribution is 2.34. The number of rotatable bonds is 3. The normalized spacial score (nSPS) is 11.2. The second-order valence-electron chi connectivity index (χ2n) is 8.85. The molecule has 0 aliphatic heterocycles. The Bertz CT molecular complexity index is 1480. The van der Waals surface area contributed by atoms with Gasteiger partial charge in [-0.2, -0.15) is 0 Å². The van der Waals surface area contributed by atoms with Crippen LogP contribution in [0, 0.1) is 11.8 Å². The van der Waals surface area contributed by atoms with Crippen molar-refractivity contribution in [1.29, 1.82) is 0 Å². The number of fused-ring (bicyclic) bond motifs is 1. The molecule has 162 valence electrons. The molecule has 0 atom stereocenters. The van der Waals surface area contributed by atoms with E-state index in [-0.39, 0.29) is 5.54 Å². The molecule has 0 amide bonds. The average molecular weight is 449 g/mol. The summed E-state index contributed by atoms with van der Waals surface area (Å²) < 4.78 is 2.05. The van der Waals surface area contributed by atoms with E-state index in [0.29, 0.717) is 0 Å². The Morgan fingerprint density at radius 2 is 1.73 bits per heavy atom. The molecular formula is C28H24N4S. The van der Waals surface area contributed by atoms with Crippen LogP contribution >= 0.6 is 11.3 Å². The topological polar surface area (TPSA) is 42.2 Å². The quantitative estimate of drug-likeness (QED) is 0.311. The maximum Gasteiger partial charge on any atom is 0.157 e. The van der Waals surface area contributed by atoms with Gasteiger partial charge in [-0.3, -0.25) is 9.38 Å². The summed E-state index contributed by atoms with van der Waals surface area (Å²) in [7, 11) is 0. The van der Waals surface area contributed by atoms with Gasteiger partial charge in [0.2, 0.25) is 0 Å². The maximum absolute atomic E-state index is 4.84. The van der Waals surface area contributed by atoms with Gasteiger partial charge in [0, 0.05) is 23.5 Å². The molecular weight excluding hydrogens is 424 g/mol. The van der Waals surface area contributed by atoms with Gasteiger partial charge in [0.25, 0.3) is 0 Å². The van der Waals surface area contributed by atoms with E-state index in [0.717, 1.165) is 32.5 Å². The Balaban J connectivity index is 1.47. The second kappa shape index (κ2) is 8.57. The van der Waals surface area contributed by atoms with E-state index in [2.05, 4.69) is 104 Å². The van der Waals surface area contributed by atoms with Crippen LogP contribution in [0.3, 0.4) is 0 Å². The molecule has 0 spiro atoms. The molecule has 33 heavy (non-hydrogen) atoms. The number of hydrogen-bond acceptors (Lipinski definition) is 4. The van der Waals surface area contributed by atoms with Crippen molar-refractivity contribution in [2.24, 2.45) is 0 Å². The van der Waals surface area contributed by atoms with Gasteiger partial charge in [0.1, 0.15) is 11.5 Å². The number of imidazole rings is 1. The SMILES string of the molecule is CC(C)(C)Nc1c(-c2ccc(C#Cc3cccc(-c4ccccc4)c3)s2)nc2cnccn12. The molecule has 0 unspecified atom stereocenters. The molecule has 5 rings (SSSR count). The van der Waals surface area contributed by atoms with E-state index in [1.165, 1.54) is 11.1 Å². The van der Waals surface area contributed by atoms with Crippen LogP contribution in [0.15, 0.2) is 85.3 Å². The molecule has 5 heteroatoms. The van der Waals surface area contributed by atoms with Crippen LogP contribution in [-0.4, -0.2) is 19.9 Å². The number of benzene rings is 2. The highest BCUT2D eigenvalue weighted by Gasteiger charge is 2.20. The van der Waals surface area contributed by atoms with Crippen molar-refractivity contribution >= 4 is 22.8 Å². The first-order valence-electron chi connectivity index (χ1n) is 10.8. The third-order valence-corrected chi connectivity index (χ3v) is 6.07. The Hall–Kier alpha value is -3.88. The third-order valence-electron chi connectivity index (χ3n) is 5.06. The summed E-state index contributed by atoms with van der Waals surface area (Å²) in [5.41, 5.74) is 5.00. The summed E-state index contributed by atoms with van der Waals surface area (Å²) in [5, 5.41) is 3.60. The lowest BCUT2D eigenvalue weighted by molar-refractivity contribution is 0.629. The lowest BCUT2D eigenvalue weighted by Gasteiger charge is -2.22. The Morgan fingerprint density at radius 1 is 0.909 bits per heavy atom. The van der Waals surface area contributed by atoms with Gasteiger partial charge in [0.15, 0.2) is 5.65 Å². The smallest absolute Gasteiger partial charge is 0.157 e. The lowest BCUT2D eigenvalue weighted by Crippen LogP contribution is -2.27. The summed E-state index contributed by atoms with van der Waals surface area (Å²) in [6, 6.07) is 22.9. The van der Waals surface area contributed by atoms with Gasteiger partial charge in [-0.25, -0.2) is 4.98 Å². The van der Waals surface area contributed by atoms with E-state index in [1.807, 2.05) is 16.7 Å². The van der Waals surface area contributed by atoms with Crippen molar-refractivity contribution in [3.8, 4) is 33.5 Å². The fourth-order valence-corrected chi connectivity index (χ4v) is 4.48. The average Bonchev–Trinajstić information content (AvgIpc) is 3.42. The van der Waals surface area contributed by atoms with Crippen LogP contribution in [0.4, 0.5) is 5.82 Å². The van der Waals surface area contributed by atoms with E-state index >= 15 is 0 Å². The molecule has 5 aromatic rings. The van der Waals surface area contributed by atoms with Crippen LogP contribution in [0.2, 0.25) is 0 Å². The van der Waals surface area contributed by atoms with E-state index < -0.39 is 0 Å². The predicted molar refractivity (Wildman–Crippen MR) is 138 cm³/mol. The van der Waals surface area contributed by atoms with Crippen molar-refractivity contribution < 1.29 is 0 Å². The van der Waals surface area contributed by atoms with E-state index in [1.54, 1.807) is 23.7 Å². The van der Waals surface area contributed by atoms with Crippen LogP contribution < -0.4 is 5.32 Å². The van der Waals surface area contributed by atoms with Gasteiger partial charge in [-0.1, -0.05) is 54.3 Å². The lowest BCUT2D eigenvalue weighted by atomic mass is 10.0. The summed E-state index contributed by atoms with van der Waals surface area (Å²) in [4.78, 5) is 11.2. The summed E-state index contributed by atoms with van der Waals surface area (Å²) in [6.45, 7) is 6.44. The molecule has 0 aliphatic rings. The van der Waals surface area contributed by atoms with E-state index in [4.69, 9.17) is 4.98 Å². The molecule has 4 nitrogen and oxygen atoms in total. The standard InChI is InChI=1S/C28H24N4S/c1-28(2,3)31-27-26(30-25-19-29-16-17-32(25)27)24-15-14-23(33-24)13-12-20-8-7-11-22(18-20)21-9-5-4-6-10-21/h4-11,14-19,31H,1-3H3. The summed E-state index contributed by atoms with van der Waals surface area (Å²) in [6.07, 6.45) is 5.50. The van der Waals surface area contributed by atoms with Gasteiger partial charge in [-0.15, -0.1) is 11.3 Å². The molecule has 0 aliphatic carbocycles. The predicted octanol–water partition coefficient (Wildman–Crippen LogP) is 6.74. The molecule has 0 fully saturated rings. The van der Waals surface area contributed by atoms with Crippen molar-refractivity contribution in [3.05, 3.63) is 95.8 Å². The van der Waals surface area contributed by atoms with Gasteiger partial charge < -0.3 is 5.32 Å². The van der Waals surface area contributed by atoms with Crippen LogP contribution in [0.5, 0.6) is 0 Å². The van der Waals surface area contributed by atoms with Gasteiger partial charge in [-0.05, 0) is 56.2 Å². The highest BCUT2D eigenvalue weighted by molar-refractivity contribution is 7.16. The number of hydrogen-bond donors (Lipinski definition) is 1. The number of thiophene rings is 1. The first-order valence-corrected chi connectivity index (χ1v) is 11.7. The minimum Gasteiger partial charge on any atom is -0.365 e. The largest absolute Gasteiger partial charge is 0.365 e. The molecule has 0 saturated heterocycles. The number of aromatic nitrogens is 3. The summed E-state index contributed by atoms with van der Waals surface area (Å²) >= 11 is 1.65. The van der Waals surface area contributed by atoms with Crippen LogP contribution in [-0.2, 0) is 0 Å². The zero-order valence-electron chi connectivity index (χ0n) is 18.8. The monoisotopic (exact) mass is 448 g/mol. The Kier molecular flexibility index (Phi) is 5.45. The minimum atomic E-state index is -0.0996. The fourth-order valence-electron chi connectivity index (χ4n) is 3.63. The first kappa shape index (κ1) is 21.0. The molecule has 1 N–H and O–H groups in total. The Morgan fingerprint density at radius 3 is 2.55 bits per heavy atom. The zero-order valence-corrected chi connectivity index (χ0v) is 19.6. The van der Waals surface area contributed by atoms with Crippen LogP contribution in [0.25, 0.3) is 27.3 Å². The van der Waals surface area contributed by atoms with E-state index in [9.17, 15) is 0 Å².